The summed E-state index contributed by atoms with van der Waals surface area (Å²) >= 11 is 1.79. The Balaban J connectivity index is 2.12. The number of nitrogen functional groups attached to an aromatic ring is 1. The number of anilines is 1. The van der Waals surface area contributed by atoms with Crippen LogP contribution in [-0.2, 0) is 6.54 Å². The average molecular weight is 301 g/mol. The van der Waals surface area contributed by atoms with Crippen LogP contribution in [0.15, 0.2) is 24.3 Å². The van der Waals surface area contributed by atoms with Crippen LogP contribution in [-0.4, -0.2) is 14.7 Å². The smallest absolute Gasteiger partial charge is 0.138 e. The Morgan fingerprint density at radius 3 is 2.71 bits per heavy atom. The van der Waals surface area contributed by atoms with Crippen LogP contribution < -0.4 is 5.73 Å². The summed E-state index contributed by atoms with van der Waals surface area (Å²) in [6, 6.07) is 7.89. The summed E-state index contributed by atoms with van der Waals surface area (Å²) in [7, 11) is 0. The molecule has 1 atom stereocenters. The van der Waals surface area contributed by atoms with Gasteiger partial charge >= 0.3 is 0 Å². The normalized spacial score (nSPS) is 13.0. The Kier molecular flexibility index (Phi) is 3.47. The number of benzene rings is 1. The topological polar surface area (TPSA) is 64.1 Å². The summed E-state index contributed by atoms with van der Waals surface area (Å²) < 4.78 is 2.07. The van der Waals surface area contributed by atoms with Gasteiger partial charge in [0, 0.05) is 15.4 Å². The van der Waals surface area contributed by atoms with Crippen molar-refractivity contribution in [2.75, 3.05) is 5.73 Å². The summed E-state index contributed by atoms with van der Waals surface area (Å²) in [5, 5.41) is 10.0. The van der Waals surface area contributed by atoms with E-state index in [9.17, 15) is 5.11 Å². The summed E-state index contributed by atoms with van der Waals surface area (Å²) in [4.78, 5) is 7.13. The van der Waals surface area contributed by atoms with Gasteiger partial charge in [-0.1, -0.05) is 0 Å². The molecule has 0 aliphatic heterocycles. The molecule has 0 fully saturated rings. The van der Waals surface area contributed by atoms with E-state index >= 15 is 0 Å². The van der Waals surface area contributed by atoms with Crippen LogP contribution >= 0.6 is 11.3 Å². The first kappa shape index (κ1) is 14.1. The van der Waals surface area contributed by atoms with E-state index in [2.05, 4.69) is 29.5 Å². The van der Waals surface area contributed by atoms with Gasteiger partial charge in [-0.25, -0.2) is 4.98 Å². The molecule has 0 aliphatic rings. The molecular formula is C16H19N3OS. The Labute approximate surface area is 127 Å². The van der Waals surface area contributed by atoms with Gasteiger partial charge in [0.25, 0.3) is 0 Å². The maximum atomic E-state index is 10.0. The number of rotatable bonds is 3. The number of aliphatic hydroxyl groups is 1. The molecule has 4 nitrogen and oxygen atoms in total. The van der Waals surface area contributed by atoms with Crippen LogP contribution in [0.5, 0.6) is 0 Å². The van der Waals surface area contributed by atoms with Gasteiger partial charge in [-0.15, -0.1) is 11.3 Å². The van der Waals surface area contributed by atoms with Crippen molar-refractivity contribution in [3.63, 3.8) is 0 Å². The van der Waals surface area contributed by atoms with Gasteiger partial charge in [-0.05, 0) is 50.6 Å². The molecule has 0 spiro atoms. The Morgan fingerprint density at radius 2 is 2.10 bits per heavy atom. The highest BCUT2D eigenvalue weighted by atomic mass is 32.1. The van der Waals surface area contributed by atoms with Gasteiger partial charge in [0.1, 0.15) is 11.9 Å². The quantitative estimate of drug-likeness (QED) is 0.729. The molecule has 2 aromatic heterocycles. The fourth-order valence-electron chi connectivity index (χ4n) is 2.53. The minimum Gasteiger partial charge on any atom is -0.399 e. The van der Waals surface area contributed by atoms with Gasteiger partial charge in [-0.2, -0.15) is 0 Å². The fourth-order valence-corrected chi connectivity index (χ4v) is 3.58. The molecule has 3 rings (SSSR count). The first-order valence-electron chi connectivity index (χ1n) is 6.95. The van der Waals surface area contributed by atoms with Gasteiger partial charge in [0.05, 0.1) is 17.6 Å². The van der Waals surface area contributed by atoms with Crippen molar-refractivity contribution in [1.82, 2.24) is 9.55 Å². The third kappa shape index (κ3) is 2.54. The Bertz CT molecular complexity index is 782. The number of thiophene rings is 1. The van der Waals surface area contributed by atoms with Crippen LogP contribution in [0.4, 0.5) is 5.69 Å². The highest BCUT2D eigenvalue weighted by molar-refractivity contribution is 7.12. The largest absolute Gasteiger partial charge is 0.399 e. The van der Waals surface area contributed by atoms with Crippen LogP contribution in [0.2, 0.25) is 0 Å². The fraction of sp³-hybridized carbons (Fsp3) is 0.312. The van der Waals surface area contributed by atoms with Crippen LogP contribution in [0.1, 0.15) is 34.2 Å². The first-order chi connectivity index (χ1) is 9.95. The number of fused-ring (bicyclic) bond motifs is 1. The lowest BCUT2D eigenvalue weighted by Gasteiger charge is -2.09. The van der Waals surface area contributed by atoms with E-state index in [0.29, 0.717) is 11.5 Å². The van der Waals surface area contributed by atoms with Crippen molar-refractivity contribution < 1.29 is 5.11 Å². The summed E-state index contributed by atoms with van der Waals surface area (Å²) in [5.41, 5.74) is 9.65. The Hall–Kier alpha value is -1.85. The number of imidazole rings is 1. The van der Waals surface area contributed by atoms with Gasteiger partial charge < -0.3 is 15.4 Å². The predicted molar refractivity (Wildman–Crippen MR) is 87.7 cm³/mol. The van der Waals surface area contributed by atoms with Gasteiger partial charge in [-0.3, -0.25) is 0 Å². The maximum absolute atomic E-state index is 10.0. The van der Waals surface area contributed by atoms with Gasteiger partial charge in [0.15, 0.2) is 0 Å². The molecule has 0 radical (unpaired) electrons. The zero-order valence-electron chi connectivity index (χ0n) is 12.4. The summed E-state index contributed by atoms with van der Waals surface area (Å²) in [6.45, 7) is 6.72. The summed E-state index contributed by atoms with van der Waals surface area (Å²) in [6.07, 6.45) is -0.610. The third-order valence-electron chi connectivity index (χ3n) is 3.71. The number of hydrogen-bond donors (Lipinski definition) is 2. The second-order valence-electron chi connectivity index (χ2n) is 5.43. The second kappa shape index (κ2) is 5.16. The van der Waals surface area contributed by atoms with Crippen molar-refractivity contribution in [3.8, 4) is 0 Å². The van der Waals surface area contributed by atoms with Gasteiger partial charge in [0.2, 0.25) is 0 Å². The molecule has 0 bridgehead atoms. The van der Waals surface area contributed by atoms with E-state index in [1.165, 1.54) is 15.3 Å². The molecule has 2 heterocycles. The summed E-state index contributed by atoms with van der Waals surface area (Å²) in [5.74, 6) is 0.680. The minimum absolute atomic E-state index is 0.610. The van der Waals surface area contributed by atoms with Crippen molar-refractivity contribution >= 4 is 28.1 Å². The molecule has 3 aromatic rings. The first-order valence-corrected chi connectivity index (χ1v) is 7.77. The number of aromatic nitrogens is 2. The molecule has 1 aromatic carbocycles. The molecule has 0 saturated carbocycles. The molecule has 5 heteroatoms. The lowest BCUT2D eigenvalue weighted by molar-refractivity contribution is 0.185. The lowest BCUT2D eigenvalue weighted by atomic mass is 10.2. The monoisotopic (exact) mass is 301 g/mol. The van der Waals surface area contributed by atoms with Crippen LogP contribution in [0.3, 0.4) is 0 Å². The number of aliphatic hydroxyl groups excluding tert-OH is 1. The number of nitrogens with two attached hydrogens (primary N) is 1. The van der Waals surface area contributed by atoms with Crippen molar-refractivity contribution in [2.24, 2.45) is 0 Å². The molecule has 3 N–H and O–H groups in total. The zero-order chi connectivity index (χ0) is 15.1. The molecule has 1 unspecified atom stereocenters. The maximum Gasteiger partial charge on any atom is 0.138 e. The number of nitrogens with zero attached hydrogens (tertiary/aromatic N) is 2. The molecule has 0 saturated heterocycles. The minimum atomic E-state index is -0.610. The third-order valence-corrected chi connectivity index (χ3v) is 4.84. The van der Waals surface area contributed by atoms with E-state index in [0.717, 1.165) is 17.6 Å². The molecule has 110 valence electrons. The average Bonchev–Trinajstić information content (AvgIpc) is 2.91. The second-order valence-corrected chi connectivity index (χ2v) is 6.77. The molecule has 21 heavy (non-hydrogen) atoms. The van der Waals surface area contributed by atoms with E-state index in [-0.39, 0.29) is 0 Å². The lowest BCUT2D eigenvalue weighted by Crippen LogP contribution is -2.07. The molecule has 0 amide bonds. The molecular weight excluding hydrogens is 282 g/mol. The molecule has 0 aliphatic carbocycles. The number of hydrogen-bond acceptors (Lipinski definition) is 4. The van der Waals surface area contributed by atoms with Crippen LogP contribution in [0.25, 0.3) is 11.0 Å². The standard InChI is InChI=1S/C16H19N3OS/c1-9-6-13(21-11(9)3)8-19-15-5-4-12(17)7-14(15)18-16(19)10(2)20/h4-7,10,20H,8,17H2,1-3H3. The number of aryl methyl sites for hydroxylation is 2. The van der Waals surface area contributed by atoms with Crippen molar-refractivity contribution in [3.05, 3.63) is 45.4 Å². The van der Waals surface area contributed by atoms with Crippen molar-refractivity contribution in [1.29, 1.82) is 0 Å². The Morgan fingerprint density at radius 1 is 1.33 bits per heavy atom. The highest BCUT2D eigenvalue weighted by Crippen LogP contribution is 2.27. The van der Waals surface area contributed by atoms with Crippen LogP contribution in [0, 0.1) is 13.8 Å². The zero-order valence-corrected chi connectivity index (χ0v) is 13.2. The van der Waals surface area contributed by atoms with E-state index < -0.39 is 6.10 Å². The predicted octanol–water partition coefficient (Wildman–Crippen LogP) is 3.40. The van der Waals surface area contributed by atoms with E-state index in [1.807, 2.05) is 18.2 Å². The highest BCUT2D eigenvalue weighted by Gasteiger charge is 2.16. The van der Waals surface area contributed by atoms with Crippen molar-refractivity contribution in [2.45, 2.75) is 33.4 Å². The SMILES string of the molecule is Cc1cc(Cn2c(C(C)O)nc3cc(N)ccc32)sc1C. The van der Waals surface area contributed by atoms with E-state index in [4.69, 9.17) is 5.73 Å². The van der Waals surface area contributed by atoms with E-state index in [1.54, 1.807) is 18.3 Å².